The molecule has 0 bridgehead atoms. The van der Waals surface area contributed by atoms with Gasteiger partial charge in [0.2, 0.25) is 5.89 Å². The van der Waals surface area contributed by atoms with Gasteiger partial charge in [0.1, 0.15) is 6.10 Å². The van der Waals surface area contributed by atoms with E-state index in [0.717, 1.165) is 35.3 Å². The molecule has 1 saturated heterocycles. The molecule has 8 nitrogen and oxygen atoms in total. The minimum absolute atomic E-state index is 0.146. The molecule has 1 aromatic heterocycles. The van der Waals surface area contributed by atoms with Crippen molar-refractivity contribution in [3.63, 3.8) is 0 Å². The first kappa shape index (κ1) is 24.1. The number of anilines is 2. The van der Waals surface area contributed by atoms with E-state index in [0.29, 0.717) is 26.2 Å². The largest absolute Gasteiger partial charge is 0.405 e. The zero-order valence-corrected chi connectivity index (χ0v) is 19.0. The van der Waals surface area contributed by atoms with Crippen LogP contribution in [0.5, 0.6) is 0 Å². The van der Waals surface area contributed by atoms with Gasteiger partial charge in [0.05, 0.1) is 0 Å². The third kappa shape index (κ3) is 5.60. The van der Waals surface area contributed by atoms with Crippen LogP contribution in [0.4, 0.5) is 20.5 Å². The van der Waals surface area contributed by atoms with Crippen LogP contribution in [0.2, 0.25) is 0 Å². The standard InChI is InChI=1S/C22H31F2N5O3/c1-5-22(23,24)20(31)29-10-8-28(9-11-29)7-6-17-12-14(2)13-18(15(17)3)25-21-27-26-19(32-21)16(4)30/h12-13,16,30H,5-11H2,1-4H3,(H,25,27)/t16-/m1/s1. The summed E-state index contributed by atoms with van der Waals surface area (Å²) in [6, 6.07) is 4.32. The van der Waals surface area contributed by atoms with Gasteiger partial charge in [-0.15, -0.1) is 5.10 Å². The summed E-state index contributed by atoms with van der Waals surface area (Å²) in [5.41, 5.74) is 4.11. The molecule has 10 heteroatoms. The summed E-state index contributed by atoms with van der Waals surface area (Å²) in [5, 5.41) is 20.4. The van der Waals surface area contributed by atoms with Crippen molar-refractivity contribution in [2.45, 2.75) is 52.6 Å². The van der Waals surface area contributed by atoms with Crippen molar-refractivity contribution < 1.29 is 23.1 Å². The number of piperazine rings is 1. The number of carbonyl (C=O) groups excluding carboxylic acids is 1. The van der Waals surface area contributed by atoms with Crippen LogP contribution in [0.15, 0.2) is 16.5 Å². The Morgan fingerprint density at radius 3 is 2.53 bits per heavy atom. The van der Waals surface area contributed by atoms with Gasteiger partial charge in [-0.05, 0) is 49.9 Å². The van der Waals surface area contributed by atoms with E-state index in [4.69, 9.17) is 4.42 Å². The number of rotatable bonds is 8. The van der Waals surface area contributed by atoms with Crippen LogP contribution in [0.25, 0.3) is 0 Å². The van der Waals surface area contributed by atoms with E-state index in [2.05, 4.69) is 26.5 Å². The first-order valence-electron chi connectivity index (χ1n) is 10.9. The van der Waals surface area contributed by atoms with Gasteiger partial charge >= 0.3 is 11.9 Å². The lowest BCUT2D eigenvalue weighted by molar-refractivity contribution is -0.159. The second-order valence-electron chi connectivity index (χ2n) is 8.28. The third-order valence-corrected chi connectivity index (χ3v) is 5.81. The average molecular weight is 452 g/mol. The molecule has 0 radical (unpaired) electrons. The quantitative estimate of drug-likeness (QED) is 0.636. The van der Waals surface area contributed by atoms with Crippen LogP contribution in [0.1, 0.15) is 49.0 Å². The highest BCUT2D eigenvalue weighted by atomic mass is 19.3. The maximum absolute atomic E-state index is 13.7. The summed E-state index contributed by atoms with van der Waals surface area (Å²) in [5.74, 6) is -4.20. The predicted octanol–water partition coefficient (Wildman–Crippen LogP) is 3.22. The van der Waals surface area contributed by atoms with Gasteiger partial charge < -0.3 is 19.7 Å². The normalized spacial score (nSPS) is 16.3. The molecule has 1 amide bonds. The van der Waals surface area contributed by atoms with Crippen molar-refractivity contribution in [1.29, 1.82) is 0 Å². The molecule has 0 spiro atoms. The second kappa shape index (κ2) is 9.91. The molecule has 2 aromatic rings. The van der Waals surface area contributed by atoms with Crippen molar-refractivity contribution >= 4 is 17.6 Å². The van der Waals surface area contributed by atoms with Crippen molar-refractivity contribution in [3.05, 3.63) is 34.7 Å². The topological polar surface area (TPSA) is 94.7 Å². The highest BCUT2D eigenvalue weighted by Gasteiger charge is 2.40. The smallest absolute Gasteiger partial charge is 0.324 e. The number of aromatic nitrogens is 2. The highest BCUT2D eigenvalue weighted by molar-refractivity contribution is 5.83. The van der Waals surface area contributed by atoms with Gasteiger partial charge in [0, 0.05) is 44.8 Å². The van der Waals surface area contributed by atoms with E-state index in [1.807, 2.05) is 19.9 Å². The first-order chi connectivity index (χ1) is 15.1. The molecule has 32 heavy (non-hydrogen) atoms. The number of aliphatic hydroxyl groups excluding tert-OH is 1. The number of nitrogens with one attached hydrogen (secondary N) is 1. The lowest BCUT2D eigenvalue weighted by atomic mass is 10.00. The number of alkyl halides is 2. The summed E-state index contributed by atoms with van der Waals surface area (Å²) >= 11 is 0. The number of nitrogens with zero attached hydrogens (tertiary/aromatic N) is 4. The molecule has 0 saturated carbocycles. The van der Waals surface area contributed by atoms with Gasteiger partial charge in [0.15, 0.2) is 0 Å². The zero-order chi connectivity index (χ0) is 23.5. The van der Waals surface area contributed by atoms with Crippen LogP contribution >= 0.6 is 0 Å². The van der Waals surface area contributed by atoms with Crippen LogP contribution in [-0.4, -0.2) is 69.7 Å². The monoisotopic (exact) mass is 451 g/mol. The Bertz CT molecular complexity index is 940. The molecule has 1 atom stereocenters. The first-order valence-corrected chi connectivity index (χ1v) is 10.9. The lowest BCUT2D eigenvalue weighted by Crippen LogP contribution is -2.53. The summed E-state index contributed by atoms with van der Waals surface area (Å²) in [7, 11) is 0. The van der Waals surface area contributed by atoms with E-state index >= 15 is 0 Å². The number of benzene rings is 1. The van der Waals surface area contributed by atoms with Gasteiger partial charge in [-0.2, -0.15) is 8.78 Å². The van der Waals surface area contributed by atoms with Gasteiger partial charge in [0.25, 0.3) is 5.91 Å². The minimum atomic E-state index is -3.28. The van der Waals surface area contributed by atoms with Crippen LogP contribution in [0.3, 0.4) is 0 Å². The Labute approximate surface area is 186 Å². The highest BCUT2D eigenvalue weighted by Crippen LogP contribution is 2.26. The number of aryl methyl sites for hydroxylation is 1. The van der Waals surface area contributed by atoms with E-state index in [1.54, 1.807) is 6.92 Å². The fraction of sp³-hybridized carbons (Fsp3) is 0.591. The van der Waals surface area contributed by atoms with Crippen molar-refractivity contribution in [2.24, 2.45) is 0 Å². The molecule has 0 aliphatic carbocycles. The molecule has 1 aliphatic rings. The lowest BCUT2D eigenvalue weighted by Gasteiger charge is -2.36. The SMILES string of the molecule is CCC(F)(F)C(=O)N1CCN(CCc2cc(C)cc(Nc3nnc([C@@H](C)O)o3)c2C)CC1. The van der Waals surface area contributed by atoms with Crippen LogP contribution < -0.4 is 5.32 Å². The summed E-state index contributed by atoms with van der Waals surface area (Å²) in [6.07, 6.45) is -0.528. The fourth-order valence-corrected chi connectivity index (χ4v) is 3.73. The number of hydrogen-bond acceptors (Lipinski definition) is 7. The average Bonchev–Trinajstić information content (AvgIpc) is 3.24. The van der Waals surface area contributed by atoms with Crippen LogP contribution in [0, 0.1) is 13.8 Å². The molecule has 0 unspecified atom stereocenters. The number of aliphatic hydroxyl groups is 1. The predicted molar refractivity (Wildman–Crippen MR) is 116 cm³/mol. The van der Waals surface area contributed by atoms with E-state index in [1.165, 1.54) is 11.8 Å². The molecule has 1 aliphatic heterocycles. The Hall–Kier alpha value is -2.59. The maximum atomic E-state index is 13.7. The van der Waals surface area contributed by atoms with Crippen molar-refractivity contribution in [3.8, 4) is 0 Å². The molecular formula is C22H31F2N5O3. The molecule has 3 rings (SSSR count). The number of carbonyl (C=O) groups is 1. The molecule has 176 valence electrons. The van der Waals surface area contributed by atoms with Gasteiger partial charge in [-0.3, -0.25) is 9.69 Å². The van der Waals surface area contributed by atoms with Gasteiger partial charge in [-0.1, -0.05) is 18.1 Å². The number of amides is 1. The Morgan fingerprint density at radius 1 is 1.25 bits per heavy atom. The minimum Gasteiger partial charge on any atom is -0.405 e. The van der Waals surface area contributed by atoms with E-state index < -0.39 is 24.4 Å². The second-order valence-corrected chi connectivity index (χ2v) is 8.28. The van der Waals surface area contributed by atoms with Crippen molar-refractivity contribution in [1.82, 2.24) is 20.0 Å². The summed E-state index contributed by atoms with van der Waals surface area (Å²) < 4.78 is 32.8. The van der Waals surface area contributed by atoms with E-state index in [9.17, 15) is 18.7 Å². The summed E-state index contributed by atoms with van der Waals surface area (Å²) in [4.78, 5) is 15.4. The molecular weight excluding hydrogens is 420 g/mol. The molecule has 1 aromatic carbocycles. The number of hydrogen-bond donors (Lipinski definition) is 2. The van der Waals surface area contributed by atoms with Gasteiger partial charge in [-0.25, -0.2) is 0 Å². The zero-order valence-electron chi connectivity index (χ0n) is 19.0. The summed E-state index contributed by atoms with van der Waals surface area (Å²) in [6.45, 7) is 9.44. The number of halogens is 2. The molecule has 2 N–H and O–H groups in total. The van der Waals surface area contributed by atoms with Crippen LogP contribution in [-0.2, 0) is 11.2 Å². The molecule has 2 heterocycles. The fourth-order valence-electron chi connectivity index (χ4n) is 3.73. The molecule has 1 fully saturated rings. The van der Waals surface area contributed by atoms with Crippen molar-refractivity contribution in [2.75, 3.05) is 38.0 Å². The third-order valence-electron chi connectivity index (χ3n) is 5.81. The maximum Gasteiger partial charge on any atom is 0.324 e. The Balaban J connectivity index is 1.59. The Morgan fingerprint density at radius 2 is 1.94 bits per heavy atom. The van der Waals surface area contributed by atoms with E-state index in [-0.39, 0.29) is 11.9 Å². The Kier molecular flexibility index (Phi) is 7.45.